The minimum atomic E-state index is 0.386. The van der Waals surface area contributed by atoms with E-state index < -0.39 is 0 Å². The number of benzene rings is 1. The summed E-state index contributed by atoms with van der Waals surface area (Å²) in [6, 6.07) is 11.0. The van der Waals surface area contributed by atoms with Crippen molar-refractivity contribution in [3.8, 4) is 0 Å². The van der Waals surface area contributed by atoms with Crippen LogP contribution in [0.5, 0.6) is 0 Å². The number of nitrogens with one attached hydrogen (secondary N) is 1. The molecule has 1 unspecified atom stereocenters. The van der Waals surface area contributed by atoms with Gasteiger partial charge in [-0.3, -0.25) is 4.98 Å². The number of pyridine rings is 1. The fourth-order valence-electron chi connectivity index (χ4n) is 2.65. The first kappa shape index (κ1) is 11.7. The van der Waals surface area contributed by atoms with E-state index in [0.717, 1.165) is 5.92 Å². The molecule has 94 valence electrons. The van der Waals surface area contributed by atoms with E-state index in [-0.39, 0.29) is 0 Å². The molecule has 0 aliphatic heterocycles. The average Bonchev–Trinajstić information content (AvgIpc) is 3.24. The number of aromatic nitrogens is 1. The van der Waals surface area contributed by atoms with Crippen molar-refractivity contribution in [3.63, 3.8) is 0 Å². The van der Waals surface area contributed by atoms with Crippen LogP contribution in [0.15, 0.2) is 36.5 Å². The number of fused-ring (bicyclic) bond motifs is 1. The SMILES string of the molecule is CNC(CCC1CC1)c1nccc2ccccc12. The highest BCUT2D eigenvalue weighted by Gasteiger charge is 2.23. The quantitative estimate of drug-likeness (QED) is 0.862. The second-order valence-corrected chi connectivity index (χ2v) is 5.28. The zero-order chi connectivity index (χ0) is 12.4. The highest BCUT2D eigenvalue weighted by Crippen LogP contribution is 2.36. The summed E-state index contributed by atoms with van der Waals surface area (Å²) in [4.78, 5) is 4.61. The van der Waals surface area contributed by atoms with Crippen LogP contribution in [0.1, 0.15) is 37.4 Å². The Morgan fingerprint density at radius 1 is 1.28 bits per heavy atom. The smallest absolute Gasteiger partial charge is 0.0651 e. The van der Waals surface area contributed by atoms with Crippen molar-refractivity contribution in [2.45, 2.75) is 31.7 Å². The number of rotatable bonds is 5. The third kappa shape index (κ3) is 2.39. The summed E-state index contributed by atoms with van der Waals surface area (Å²) < 4.78 is 0. The molecule has 3 rings (SSSR count). The molecule has 2 aromatic rings. The minimum Gasteiger partial charge on any atom is -0.312 e. The van der Waals surface area contributed by atoms with Crippen LogP contribution in [-0.4, -0.2) is 12.0 Å². The monoisotopic (exact) mass is 240 g/mol. The van der Waals surface area contributed by atoms with Gasteiger partial charge in [-0.2, -0.15) is 0 Å². The van der Waals surface area contributed by atoms with E-state index in [1.807, 2.05) is 13.2 Å². The molecule has 2 heteroatoms. The Morgan fingerprint density at radius 3 is 2.89 bits per heavy atom. The molecule has 1 aliphatic rings. The molecule has 1 saturated carbocycles. The van der Waals surface area contributed by atoms with Crippen molar-refractivity contribution >= 4 is 10.8 Å². The van der Waals surface area contributed by atoms with Gasteiger partial charge in [-0.05, 0) is 37.3 Å². The summed E-state index contributed by atoms with van der Waals surface area (Å²) in [5, 5.41) is 6.00. The average molecular weight is 240 g/mol. The fourth-order valence-corrected chi connectivity index (χ4v) is 2.65. The van der Waals surface area contributed by atoms with E-state index in [9.17, 15) is 0 Å². The summed E-state index contributed by atoms with van der Waals surface area (Å²) in [5.41, 5.74) is 1.20. The van der Waals surface area contributed by atoms with E-state index in [0.29, 0.717) is 6.04 Å². The molecule has 1 heterocycles. The van der Waals surface area contributed by atoms with Gasteiger partial charge in [0.2, 0.25) is 0 Å². The minimum absolute atomic E-state index is 0.386. The summed E-state index contributed by atoms with van der Waals surface area (Å²) in [6.07, 6.45) is 7.32. The van der Waals surface area contributed by atoms with Gasteiger partial charge in [0, 0.05) is 17.6 Å². The first-order chi connectivity index (χ1) is 8.88. The van der Waals surface area contributed by atoms with Crippen molar-refractivity contribution in [3.05, 3.63) is 42.2 Å². The Kier molecular flexibility index (Phi) is 3.28. The molecular formula is C16H20N2. The normalized spacial score (nSPS) is 16.9. The van der Waals surface area contributed by atoms with E-state index in [1.54, 1.807) is 0 Å². The lowest BCUT2D eigenvalue weighted by atomic mass is 10.0. The molecule has 1 aromatic heterocycles. The zero-order valence-corrected chi connectivity index (χ0v) is 10.9. The second kappa shape index (κ2) is 5.07. The van der Waals surface area contributed by atoms with Crippen LogP contribution in [0.2, 0.25) is 0 Å². The van der Waals surface area contributed by atoms with Crippen molar-refractivity contribution in [2.75, 3.05) is 7.05 Å². The third-order valence-electron chi connectivity index (χ3n) is 3.94. The van der Waals surface area contributed by atoms with Crippen molar-refractivity contribution in [1.82, 2.24) is 10.3 Å². The second-order valence-electron chi connectivity index (χ2n) is 5.28. The Hall–Kier alpha value is -1.41. The standard InChI is InChI=1S/C16H20N2/c1-17-15(9-8-12-6-7-12)16-14-5-3-2-4-13(14)10-11-18-16/h2-5,10-12,15,17H,6-9H2,1H3. The molecule has 1 fully saturated rings. The largest absolute Gasteiger partial charge is 0.312 e. The third-order valence-corrected chi connectivity index (χ3v) is 3.94. The van der Waals surface area contributed by atoms with Gasteiger partial charge in [0.05, 0.1) is 5.69 Å². The Balaban J connectivity index is 1.89. The van der Waals surface area contributed by atoms with Crippen molar-refractivity contribution in [1.29, 1.82) is 0 Å². The van der Waals surface area contributed by atoms with Crippen molar-refractivity contribution in [2.24, 2.45) is 5.92 Å². The Labute approximate surface area is 108 Å². The molecule has 0 spiro atoms. The summed E-state index contributed by atoms with van der Waals surface area (Å²) in [7, 11) is 2.04. The maximum atomic E-state index is 4.61. The molecule has 1 N–H and O–H groups in total. The highest BCUT2D eigenvalue weighted by atomic mass is 14.9. The van der Waals surface area contributed by atoms with Gasteiger partial charge in [0.25, 0.3) is 0 Å². The lowest BCUT2D eigenvalue weighted by Gasteiger charge is -2.17. The summed E-state index contributed by atoms with van der Waals surface area (Å²) in [5.74, 6) is 0.982. The molecule has 1 aliphatic carbocycles. The lowest BCUT2D eigenvalue weighted by molar-refractivity contribution is 0.499. The first-order valence-corrected chi connectivity index (χ1v) is 6.89. The predicted molar refractivity (Wildman–Crippen MR) is 75.5 cm³/mol. The van der Waals surface area contributed by atoms with Gasteiger partial charge in [-0.25, -0.2) is 0 Å². The Morgan fingerprint density at radius 2 is 2.11 bits per heavy atom. The summed E-state index contributed by atoms with van der Waals surface area (Å²) in [6.45, 7) is 0. The molecule has 1 atom stereocenters. The van der Waals surface area contributed by atoms with Gasteiger partial charge in [0.1, 0.15) is 0 Å². The van der Waals surface area contributed by atoms with Gasteiger partial charge in [-0.15, -0.1) is 0 Å². The van der Waals surface area contributed by atoms with Gasteiger partial charge < -0.3 is 5.32 Å². The van der Waals surface area contributed by atoms with Crippen LogP contribution in [0.3, 0.4) is 0 Å². The van der Waals surface area contributed by atoms with Gasteiger partial charge in [-0.1, -0.05) is 37.1 Å². The van der Waals surface area contributed by atoms with Crippen LogP contribution in [0, 0.1) is 5.92 Å². The summed E-state index contributed by atoms with van der Waals surface area (Å²) >= 11 is 0. The van der Waals surface area contributed by atoms with Gasteiger partial charge in [0.15, 0.2) is 0 Å². The predicted octanol–water partition coefficient (Wildman–Crippen LogP) is 3.69. The number of hydrogen-bond acceptors (Lipinski definition) is 2. The van der Waals surface area contributed by atoms with Gasteiger partial charge >= 0.3 is 0 Å². The van der Waals surface area contributed by atoms with Crippen LogP contribution in [-0.2, 0) is 0 Å². The zero-order valence-electron chi connectivity index (χ0n) is 10.9. The number of nitrogens with zero attached hydrogens (tertiary/aromatic N) is 1. The number of hydrogen-bond donors (Lipinski definition) is 1. The van der Waals surface area contributed by atoms with Crippen LogP contribution in [0.4, 0.5) is 0 Å². The van der Waals surface area contributed by atoms with E-state index in [4.69, 9.17) is 0 Å². The molecule has 0 saturated heterocycles. The molecule has 0 amide bonds. The maximum Gasteiger partial charge on any atom is 0.0651 e. The first-order valence-electron chi connectivity index (χ1n) is 6.89. The lowest BCUT2D eigenvalue weighted by Crippen LogP contribution is -2.18. The molecule has 0 radical (unpaired) electrons. The topological polar surface area (TPSA) is 24.9 Å². The highest BCUT2D eigenvalue weighted by molar-refractivity contribution is 5.84. The molecule has 0 bridgehead atoms. The Bertz CT molecular complexity index is 526. The van der Waals surface area contributed by atoms with Crippen molar-refractivity contribution < 1.29 is 0 Å². The molecule has 1 aromatic carbocycles. The maximum absolute atomic E-state index is 4.61. The van der Waals surface area contributed by atoms with Crippen LogP contribution < -0.4 is 5.32 Å². The molecular weight excluding hydrogens is 220 g/mol. The van der Waals surface area contributed by atoms with E-state index in [2.05, 4.69) is 40.6 Å². The fraction of sp³-hybridized carbons (Fsp3) is 0.438. The molecule has 2 nitrogen and oxygen atoms in total. The van der Waals surface area contributed by atoms with E-state index in [1.165, 1.54) is 42.1 Å². The van der Waals surface area contributed by atoms with Crippen LogP contribution in [0.25, 0.3) is 10.8 Å². The molecule has 18 heavy (non-hydrogen) atoms. The van der Waals surface area contributed by atoms with Crippen LogP contribution >= 0.6 is 0 Å². The van der Waals surface area contributed by atoms with E-state index >= 15 is 0 Å².